The summed E-state index contributed by atoms with van der Waals surface area (Å²) >= 11 is 0. The molecule has 2 aromatic rings. The average molecular weight is 344 g/mol. The molecule has 1 aliphatic heterocycles. The number of nitrogens with zero attached hydrogens (tertiary/aromatic N) is 4. The van der Waals surface area contributed by atoms with Gasteiger partial charge < -0.3 is 9.52 Å². The fourth-order valence-corrected chi connectivity index (χ4v) is 3.24. The maximum atomic E-state index is 10.5. The standard InChI is InChI=1S/C19H28N4O2/c1-14(2)19-21-20-18(25-19)13-22-9-10-23(15(3)11-22)12-17(24)16-7-5-4-6-8-16/h4-8,14-15,17,24H,9-13H2,1-3H3/t15-,17-/m1/s1. The molecule has 1 aromatic heterocycles. The molecule has 6 heteroatoms. The normalized spacial score (nSPS) is 20.9. The zero-order chi connectivity index (χ0) is 17.8. The summed E-state index contributed by atoms with van der Waals surface area (Å²) in [4.78, 5) is 4.69. The van der Waals surface area contributed by atoms with Crippen molar-refractivity contribution in [2.45, 2.75) is 45.4 Å². The van der Waals surface area contributed by atoms with Crippen LogP contribution < -0.4 is 0 Å². The lowest BCUT2D eigenvalue weighted by Crippen LogP contribution is -2.52. The summed E-state index contributed by atoms with van der Waals surface area (Å²) in [7, 11) is 0. The van der Waals surface area contributed by atoms with Crippen LogP contribution in [0.5, 0.6) is 0 Å². The Labute approximate surface area is 149 Å². The van der Waals surface area contributed by atoms with E-state index in [0.717, 1.165) is 25.2 Å². The molecule has 3 rings (SSSR count). The highest BCUT2D eigenvalue weighted by Gasteiger charge is 2.26. The molecule has 2 atom stereocenters. The van der Waals surface area contributed by atoms with Gasteiger partial charge in [0.05, 0.1) is 12.6 Å². The Hall–Kier alpha value is -1.76. The molecule has 6 nitrogen and oxygen atoms in total. The lowest BCUT2D eigenvalue weighted by Gasteiger charge is -2.40. The average Bonchev–Trinajstić information content (AvgIpc) is 3.07. The third-order valence-corrected chi connectivity index (χ3v) is 4.78. The first kappa shape index (κ1) is 18.0. The maximum absolute atomic E-state index is 10.5. The van der Waals surface area contributed by atoms with E-state index in [2.05, 4.69) is 40.8 Å². The predicted octanol–water partition coefficient (Wildman–Crippen LogP) is 2.43. The molecule has 1 saturated heterocycles. The Balaban J connectivity index is 1.51. The van der Waals surface area contributed by atoms with Crippen molar-refractivity contribution < 1.29 is 9.52 Å². The van der Waals surface area contributed by atoms with Crippen molar-refractivity contribution in [2.24, 2.45) is 0 Å². The van der Waals surface area contributed by atoms with Crippen LogP contribution in [0.2, 0.25) is 0 Å². The largest absolute Gasteiger partial charge is 0.424 e. The van der Waals surface area contributed by atoms with E-state index < -0.39 is 6.10 Å². The number of aliphatic hydroxyl groups is 1. The van der Waals surface area contributed by atoms with Crippen LogP contribution >= 0.6 is 0 Å². The van der Waals surface area contributed by atoms with Crippen LogP contribution in [-0.2, 0) is 6.54 Å². The molecule has 0 amide bonds. The summed E-state index contributed by atoms with van der Waals surface area (Å²) in [5.74, 6) is 1.65. The van der Waals surface area contributed by atoms with Crippen LogP contribution in [0.4, 0.5) is 0 Å². The van der Waals surface area contributed by atoms with Gasteiger partial charge in [0.15, 0.2) is 0 Å². The van der Waals surface area contributed by atoms with E-state index in [0.29, 0.717) is 30.9 Å². The van der Waals surface area contributed by atoms with Crippen molar-refractivity contribution in [3.63, 3.8) is 0 Å². The summed E-state index contributed by atoms with van der Waals surface area (Å²) in [5.41, 5.74) is 0.976. The molecule has 0 unspecified atom stereocenters. The van der Waals surface area contributed by atoms with Crippen molar-refractivity contribution in [1.29, 1.82) is 0 Å². The van der Waals surface area contributed by atoms with Gasteiger partial charge >= 0.3 is 0 Å². The molecule has 0 spiro atoms. The predicted molar refractivity (Wildman–Crippen MR) is 96.1 cm³/mol. The monoisotopic (exact) mass is 344 g/mol. The zero-order valence-corrected chi connectivity index (χ0v) is 15.3. The van der Waals surface area contributed by atoms with Gasteiger partial charge in [-0.2, -0.15) is 0 Å². The number of β-amino-alcohol motifs (C(OH)–C–C–N with tert-alkyl or cyclic N) is 1. The van der Waals surface area contributed by atoms with Crippen LogP contribution in [0, 0.1) is 0 Å². The fraction of sp³-hybridized carbons (Fsp3) is 0.579. The molecular formula is C19H28N4O2. The van der Waals surface area contributed by atoms with E-state index >= 15 is 0 Å². The number of piperazine rings is 1. The zero-order valence-electron chi connectivity index (χ0n) is 15.3. The van der Waals surface area contributed by atoms with Gasteiger partial charge in [0.25, 0.3) is 0 Å². The minimum atomic E-state index is -0.445. The van der Waals surface area contributed by atoms with E-state index in [9.17, 15) is 5.11 Å². The summed E-state index contributed by atoms with van der Waals surface area (Å²) in [6.07, 6.45) is -0.445. The Morgan fingerprint density at radius 2 is 1.96 bits per heavy atom. The van der Waals surface area contributed by atoms with E-state index in [1.54, 1.807) is 0 Å². The second-order valence-electron chi connectivity index (χ2n) is 7.19. The van der Waals surface area contributed by atoms with Gasteiger partial charge in [0, 0.05) is 38.1 Å². The van der Waals surface area contributed by atoms with E-state index in [1.807, 2.05) is 30.3 Å². The van der Waals surface area contributed by atoms with Crippen LogP contribution in [0.25, 0.3) is 0 Å². The van der Waals surface area contributed by atoms with Crippen molar-refractivity contribution >= 4 is 0 Å². The van der Waals surface area contributed by atoms with Gasteiger partial charge in [0.1, 0.15) is 0 Å². The van der Waals surface area contributed by atoms with Crippen LogP contribution in [0.3, 0.4) is 0 Å². The van der Waals surface area contributed by atoms with Gasteiger partial charge in [-0.15, -0.1) is 10.2 Å². The second kappa shape index (κ2) is 8.08. The summed E-state index contributed by atoms with van der Waals surface area (Å²) in [6, 6.07) is 10.2. The lowest BCUT2D eigenvalue weighted by atomic mass is 10.1. The molecule has 25 heavy (non-hydrogen) atoms. The second-order valence-corrected chi connectivity index (χ2v) is 7.19. The first-order valence-corrected chi connectivity index (χ1v) is 9.04. The van der Waals surface area contributed by atoms with Crippen LogP contribution in [0.15, 0.2) is 34.7 Å². The van der Waals surface area contributed by atoms with Crippen molar-refractivity contribution in [1.82, 2.24) is 20.0 Å². The molecule has 0 aliphatic carbocycles. The van der Waals surface area contributed by atoms with Gasteiger partial charge in [-0.3, -0.25) is 9.80 Å². The molecule has 0 saturated carbocycles. The highest BCUT2D eigenvalue weighted by atomic mass is 16.4. The van der Waals surface area contributed by atoms with Crippen LogP contribution in [0.1, 0.15) is 50.1 Å². The number of benzene rings is 1. The number of hydrogen-bond donors (Lipinski definition) is 1. The smallest absolute Gasteiger partial charge is 0.230 e. The van der Waals surface area contributed by atoms with Gasteiger partial charge in [-0.25, -0.2) is 0 Å². The number of hydrogen-bond acceptors (Lipinski definition) is 6. The quantitative estimate of drug-likeness (QED) is 0.868. The highest BCUT2D eigenvalue weighted by molar-refractivity contribution is 5.17. The third kappa shape index (κ3) is 4.66. The minimum Gasteiger partial charge on any atom is -0.424 e. The lowest BCUT2D eigenvalue weighted by molar-refractivity contribution is 0.0333. The molecule has 1 aliphatic rings. The Morgan fingerprint density at radius 3 is 2.60 bits per heavy atom. The number of aliphatic hydroxyl groups excluding tert-OH is 1. The van der Waals surface area contributed by atoms with Crippen molar-refractivity contribution in [3.05, 3.63) is 47.7 Å². The van der Waals surface area contributed by atoms with Gasteiger partial charge in [0.2, 0.25) is 11.8 Å². The van der Waals surface area contributed by atoms with E-state index in [1.165, 1.54) is 0 Å². The molecule has 1 fully saturated rings. The maximum Gasteiger partial charge on any atom is 0.230 e. The topological polar surface area (TPSA) is 65.6 Å². The van der Waals surface area contributed by atoms with Crippen LogP contribution in [-0.4, -0.2) is 57.3 Å². The molecule has 1 aromatic carbocycles. The van der Waals surface area contributed by atoms with Gasteiger partial charge in [-0.1, -0.05) is 44.2 Å². The van der Waals surface area contributed by atoms with E-state index in [-0.39, 0.29) is 5.92 Å². The van der Waals surface area contributed by atoms with Crippen molar-refractivity contribution in [3.8, 4) is 0 Å². The molecule has 0 bridgehead atoms. The van der Waals surface area contributed by atoms with Crippen molar-refractivity contribution in [2.75, 3.05) is 26.2 Å². The first-order chi connectivity index (χ1) is 12.0. The Kier molecular flexibility index (Phi) is 5.83. The molecule has 2 heterocycles. The Morgan fingerprint density at radius 1 is 1.20 bits per heavy atom. The molecular weight excluding hydrogens is 316 g/mol. The Bertz CT molecular complexity index is 658. The van der Waals surface area contributed by atoms with Gasteiger partial charge in [-0.05, 0) is 12.5 Å². The highest BCUT2D eigenvalue weighted by Crippen LogP contribution is 2.19. The third-order valence-electron chi connectivity index (χ3n) is 4.78. The molecule has 1 N–H and O–H groups in total. The van der Waals surface area contributed by atoms with E-state index in [4.69, 9.17) is 4.42 Å². The molecule has 136 valence electrons. The minimum absolute atomic E-state index is 0.261. The number of rotatable bonds is 6. The number of aromatic nitrogens is 2. The summed E-state index contributed by atoms with van der Waals surface area (Å²) in [6.45, 7) is 10.5. The first-order valence-electron chi connectivity index (χ1n) is 9.04. The summed E-state index contributed by atoms with van der Waals surface area (Å²) < 4.78 is 5.71. The fourth-order valence-electron chi connectivity index (χ4n) is 3.24. The SMILES string of the molecule is CC(C)c1nnc(CN2CCN(C[C@@H](O)c3ccccc3)[C@H](C)C2)o1. The molecule has 0 radical (unpaired) electrons. The summed E-state index contributed by atoms with van der Waals surface area (Å²) in [5, 5.41) is 18.7.